The highest BCUT2D eigenvalue weighted by Crippen LogP contribution is 2.24. The first-order valence-corrected chi connectivity index (χ1v) is 8.15. The van der Waals surface area contributed by atoms with Crippen LogP contribution in [-0.4, -0.2) is 53.9 Å². The Labute approximate surface area is 125 Å². The van der Waals surface area contributed by atoms with Gasteiger partial charge in [-0.2, -0.15) is 0 Å². The third kappa shape index (κ3) is 4.03. The summed E-state index contributed by atoms with van der Waals surface area (Å²) in [6, 6.07) is 0. The van der Waals surface area contributed by atoms with E-state index in [0.717, 1.165) is 43.3 Å². The molecule has 1 aromatic rings. The first-order valence-electron chi connectivity index (χ1n) is 7.27. The van der Waals surface area contributed by atoms with Crippen LogP contribution in [0.1, 0.15) is 37.9 Å². The second kappa shape index (κ2) is 6.22. The molecular formula is C15H25N3OS. The van der Waals surface area contributed by atoms with Crippen molar-refractivity contribution in [3.63, 3.8) is 0 Å². The average Bonchev–Trinajstić information content (AvgIpc) is 2.85. The minimum absolute atomic E-state index is 0.0935. The van der Waals surface area contributed by atoms with Crippen LogP contribution in [0, 0.1) is 0 Å². The molecule has 0 atom stereocenters. The lowest BCUT2D eigenvalue weighted by Gasteiger charge is -2.32. The van der Waals surface area contributed by atoms with Crippen molar-refractivity contribution in [1.82, 2.24) is 14.8 Å². The van der Waals surface area contributed by atoms with E-state index in [4.69, 9.17) is 0 Å². The van der Waals surface area contributed by atoms with Gasteiger partial charge in [0.2, 0.25) is 5.91 Å². The number of hydrogen-bond donors (Lipinski definition) is 0. The minimum atomic E-state index is 0.0935. The van der Waals surface area contributed by atoms with Crippen molar-refractivity contribution >= 4 is 17.2 Å². The topological polar surface area (TPSA) is 36.4 Å². The van der Waals surface area contributed by atoms with Crippen LogP contribution in [0.3, 0.4) is 0 Å². The van der Waals surface area contributed by atoms with Crippen LogP contribution < -0.4 is 0 Å². The molecule has 1 amide bonds. The molecule has 0 aliphatic carbocycles. The summed E-state index contributed by atoms with van der Waals surface area (Å²) < 4.78 is 0. The molecule has 1 fully saturated rings. The molecule has 0 aromatic carbocycles. The third-order valence-corrected chi connectivity index (χ3v) is 4.64. The molecular weight excluding hydrogens is 270 g/mol. The van der Waals surface area contributed by atoms with Crippen molar-refractivity contribution in [2.24, 2.45) is 0 Å². The van der Waals surface area contributed by atoms with Crippen LogP contribution in [0.2, 0.25) is 0 Å². The molecule has 5 heteroatoms. The Morgan fingerprint density at radius 1 is 1.30 bits per heavy atom. The lowest BCUT2D eigenvalue weighted by molar-refractivity contribution is -0.132. The van der Waals surface area contributed by atoms with E-state index in [1.165, 1.54) is 0 Å². The fraction of sp³-hybridized carbons (Fsp3) is 0.733. The van der Waals surface area contributed by atoms with Crippen molar-refractivity contribution in [2.75, 3.05) is 33.2 Å². The Morgan fingerprint density at radius 2 is 1.95 bits per heavy atom. The van der Waals surface area contributed by atoms with E-state index in [2.05, 4.69) is 43.1 Å². The summed E-state index contributed by atoms with van der Waals surface area (Å²) in [5.74, 6) is 0.269. The van der Waals surface area contributed by atoms with E-state index in [0.29, 0.717) is 6.42 Å². The van der Waals surface area contributed by atoms with Gasteiger partial charge in [-0.05, 0) is 7.05 Å². The van der Waals surface area contributed by atoms with Gasteiger partial charge in [-0.1, -0.05) is 20.8 Å². The summed E-state index contributed by atoms with van der Waals surface area (Å²) in [4.78, 5) is 21.1. The maximum Gasteiger partial charge on any atom is 0.223 e. The number of rotatable bonds is 3. The van der Waals surface area contributed by atoms with Gasteiger partial charge in [0.1, 0.15) is 0 Å². The molecule has 0 unspecified atom stereocenters. The number of carbonyl (C=O) groups excluding carboxylic acids is 1. The van der Waals surface area contributed by atoms with Gasteiger partial charge in [0, 0.05) is 49.8 Å². The van der Waals surface area contributed by atoms with E-state index in [9.17, 15) is 4.79 Å². The Hall–Kier alpha value is -0.940. The van der Waals surface area contributed by atoms with Crippen LogP contribution >= 0.6 is 11.3 Å². The Morgan fingerprint density at radius 3 is 2.50 bits per heavy atom. The Balaban J connectivity index is 1.83. The smallest absolute Gasteiger partial charge is 0.223 e. The minimum Gasteiger partial charge on any atom is -0.340 e. The lowest BCUT2D eigenvalue weighted by atomic mass is 9.93. The monoisotopic (exact) mass is 295 g/mol. The number of thiazole rings is 1. The van der Waals surface area contributed by atoms with Crippen LogP contribution in [0.15, 0.2) is 5.38 Å². The molecule has 4 nitrogen and oxygen atoms in total. The molecule has 20 heavy (non-hydrogen) atoms. The fourth-order valence-electron chi connectivity index (χ4n) is 2.20. The zero-order chi connectivity index (χ0) is 14.8. The van der Waals surface area contributed by atoms with E-state index < -0.39 is 0 Å². The largest absolute Gasteiger partial charge is 0.340 e. The van der Waals surface area contributed by atoms with E-state index in [1.807, 2.05) is 4.90 Å². The second-order valence-corrected chi connectivity index (χ2v) is 7.50. The third-order valence-electron chi connectivity index (χ3n) is 3.73. The molecule has 2 heterocycles. The van der Waals surface area contributed by atoms with Crippen molar-refractivity contribution in [3.8, 4) is 0 Å². The van der Waals surface area contributed by atoms with Gasteiger partial charge >= 0.3 is 0 Å². The molecule has 0 radical (unpaired) electrons. The number of hydrogen-bond acceptors (Lipinski definition) is 4. The predicted octanol–water partition coefficient (Wildman–Crippen LogP) is 2.15. The van der Waals surface area contributed by atoms with Gasteiger partial charge in [-0.15, -0.1) is 11.3 Å². The molecule has 1 aliphatic rings. The van der Waals surface area contributed by atoms with Crippen LogP contribution in [-0.2, 0) is 16.6 Å². The highest BCUT2D eigenvalue weighted by Gasteiger charge is 2.20. The zero-order valence-electron chi connectivity index (χ0n) is 13.0. The van der Waals surface area contributed by atoms with Crippen LogP contribution in [0.5, 0.6) is 0 Å². The van der Waals surface area contributed by atoms with Gasteiger partial charge < -0.3 is 9.80 Å². The standard InChI is InChI=1S/C15H25N3OS/c1-15(2,3)12-11-20-13(16-12)5-6-14(19)18-9-7-17(4)8-10-18/h11H,5-10H2,1-4H3. The SMILES string of the molecule is CN1CCN(C(=O)CCc2nc(C(C)(C)C)cs2)CC1. The maximum absolute atomic E-state index is 12.2. The number of nitrogens with zero attached hydrogens (tertiary/aromatic N) is 3. The normalized spacial score (nSPS) is 17.5. The van der Waals surface area contributed by atoms with Gasteiger partial charge in [-0.3, -0.25) is 4.79 Å². The zero-order valence-corrected chi connectivity index (χ0v) is 13.8. The van der Waals surface area contributed by atoms with Crippen molar-refractivity contribution in [1.29, 1.82) is 0 Å². The molecule has 112 valence electrons. The Kier molecular flexibility index (Phi) is 4.81. The van der Waals surface area contributed by atoms with Gasteiger partial charge in [0.15, 0.2) is 0 Å². The van der Waals surface area contributed by atoms with E-state index in [-0.39, 0.29) is 11.3 Å². The molecule has 2 rings (SSSR count). The summed E-state index contributed by atoms with van der Waals surface area (Å²) in [6.07, 6.45) is 1.35. The maximum atomic E-state index is 12.2. The van der Waals surface area contributed by atoms with Gasteiger partial charge in [-0.25, -0.2) is 4.98 Å². The number of likely N-dealkylation sites (N-methyl/N-ethyl adjacent to an activating group) is 1. The fourth-order valence-corrected chi connectivity index (χ4v) is 3.22. The number of aryl methyl sites for hydroxylation is 1. The van der Waals surface area contributed by atoms with E-state index >= 15 is 0 Å². The summed E-state index contributed by atoms with van der Waals surface area (Å²) in [7, 11) is 2.10. The molecule has 0 bridgehead atoms. The first kappa shape index (κ1) is 15.4. The van der Waals surface area contributed by atoms with Crippen molar-refractivity contribution in [2.45, 2.75) is 39.0 Å². The summed E-state index contributed by atoms with van der Waals surface area (Å²) >= 11 is 1.68. The first-order chi connectivity index (χ1) is 9.36. The summed E-state index contributed by atoms with van der Waals surface area (Å²) in [5.41, 5.74) is 1.22. The molecule has 0 saturated carbocycles. The van der Waals surface area contributed by atoms with Crippen molar-refractivity contribution in [3.05, 3.63) is 16.1 Å². The molecule has 1 aliphatic heterocycles. The lowest BCUT2D eigenvalue weighted by Crippen LogP contribution is -2.47. The number of carbonyl (C=O) groups is 1. The molecule has 0 spiro atoms. The van der Waals surface area contributed by atoms with Gasteiger partial charge in [0.05, 0.1) is 10.7 Å². The highest BCUT2D eigenvalue weighted by atomic mass is 32.1. The van der Waals surface area contributed by atoms with Gasteiger partial charge in [0.25, 0.3) is 0 Å². The summed E-state index contributed by atoms with van der Waals surface area (Å²) in [5, 5.41) is 3.20. The van der Waals surface area contributed by atoms with Crippen LogP contribution in [0.25, 0.3) is 0 Å². The predicted molar refractivity (Wildman–Crippen MR) is 83.2 cm³/mol. The number of piperazine rings is 1. The highest BCUT2D eigenvalue weighted by molar-refractivity contribution is 7.09. The van der Waals surface area contributed by atoms with Crippen LogP contribution in [0.4, 0.5) is 0 Å². The molecule has 1 saturated heterocycles. The molecule has 0 N–H and O–H groups in total. The number of amides is 1. The average molecular weight is 295 g/mol. The van der Waals surface area contributed by atoms with E-state index in [1.54, 1.807) is 11.3 Å². The summed E-state index contributed by atoms with van der Waals surface area (Å²) in [6.45, 7) is 10.2. The quantitative estimate of drug-likeness (QED) is 0.857. The number of aromatic nitrogens is 1. The second-order valence-electron chi connectivity index (χ2n) is 6.56. The Bertz CT molecular complexity index is 456. The van der Waals surface area contributed by atoms with Crippen molar-refractivity contribution < 1.29 is 4.79 Å². The molecule has 1 aromatic heterocycles.